The summed E-state index contributed by atoms with van der Waals surface area (Å²) in [6.45, 7) is 4.66. The lowest BCUT2D eigenvalue weighted by molar-refractivity contribution is -0.148. The van der Waals surface area contributed by atoms with Gasteiger partial charge in [-0.05, 0) is 35.2 Å². The molecule has 1 aromatic carbocycles. The summed E-state index contributed by atoms with van der Waals surface area (Å²) in [7, 11) is 0. The first kappa shape index (κ1) is 19.0. The van der Waals surface area contributed by atoms with Gasteiger partial charge in [-0.25, -0.2) is 9.78 Å². The third-order valence-corrected chi connectivity index (χ3v) is 6.29. The molecule has 1 atom stereocenters. The van der Waals surface area contributed by atoms with Crippen LogP contribution in [-0.4, -0.2) is 22.3 Å². The molecule has 0 bridgehead atoms. The van der Waals surface area contributed by atoms with Gasteiger partial charge in [0, 0.05) is 22.6 Å². The van der Waals surface area contributed by atoms with Crippen LogP contribution >= 0.6 is 0 Å². The van der Waals surface area contributed by atoms with Crippen LogP contribution in [0.2, 0.25) is 0 Å². The Balaban J connectivity index is 1.64. The first-order valence-corrected chi connectivity index (χ1v) is 10.5. The lowest BCUT2D eigenvalue weighted by Crippen LogP contribution is -2.32. The molecule has 0 radical (unpaired) electrons. The normalized spacial score (nSPS) is 17.8. The zero-order valence-corrected chi connectivity index (χ0v) is 17.5. The van der Waals surface area contributed by atoms with E-state index in [2.05, 4.69) is 19.0 Å². The molecule has 9 heteroatoms. The highest BCUT2D eigenvalue weighted by atomic mass is 16.7. The summed E-state index contributed by atoms with van der Waals surface area (Å²) < 4.78 is 17.8. The van der Waals surface area contributed by atoms with Crippen LogP contribution in [0.5, 0.6) is 11.5 Å². The Labute approximate surface area is 181 Å². The van der Waals surface area contributed by atoms with Crippen LogP contribution in [0.15, 0.2) is 28.2 Å². The number of carbonyl (C=O) groups excluding carboxylic acids is 1. The van der Waals surface area contributed by atoms with Gasteiger partial charge in [0.25, 0.3) is 5.56 Å². The van der Waals surface area contributed by atoms with Crippen molar-refractivity contribution < 1.29 is 19.0 Å². The van der Waals surface area contributed by atoms with Gasteiger partial charge < -0.3 is 18.8 Å². The van der Waals surface area contributed by atoms with E-state index in [1.807, 2.05) is 12.1 Å². The Morgan fingerprint density at radius 3 is 2.66 bits per heavy atom. The van der Waals surface area contributed by atoms with E-state index in [-0.39, 0.29) is 19.0 Å². The molecule has 0 spiro atoms. The summed E-state index contributed by atoms with van der Waals surface area (Å²) in [5, 5.41) is 3.89. The number of cyclic esters (lactones) is 1. The second kappa shape index (κ2) is 6.62. The van der Waals surface area contributed by atoms with Gasteiger partial charge in [0.05, 0.1) is 29.0 Å². The first-order chi connectivity index (χ1) is 15.5. The van der Waals surface area contributed by atoms with Gasteiger partial charge in [-0.15, -0.1) is 4.91 Å². The number of nitroso groups, excluding NO2 is 1. The van der Waals surface area contributed by atoms with Crippen LogP contribution in [0, 0.1) is 10.8 Å². The van der Waals surface area contributed by atoms with E-state index in [1.54, 1.807) is 10.6 Å². The zero-order valence-electron chi connectivity index (χ0n) is 17.5. The average molecular weight is 433 g/mol. The monoisotopic (exact) mass is 433 g/mol. The van der Waals surface area contributed by atoms with Crippen molar-refractivity contribution in [2.45, 2.75) is 39.5 Å². The number of fused-ring (bicyclic) bond motifs is 6. The Morgan fingerprint density at radius 1 is 1.12 bits per heavy atom. The van der Waals surface area contributed by atoms with Crippen LogP contribution in [0.4, 0.5) is 0 Å². The fourth-order valence-electron chi connectivity index (χ4n) is 4.84. The van der Waals surface area contributed by atoms with Crippen molar-refractivity contribution in [3.8, 4) is 22.9 Å². The summed E-state index contributed by atoms with van der Waals surface area (Å²) in [6, 6.07) is 4.16. The fourth-order valence-corrected chi connectivity index (χ4v) is 4.84. The topological polar surface area (TPSA) is 109 Å². The van der Waals surface area contributed by atoms with Gasteiger partial charge in [-0.1, -0.05) is 13.8 Å². The zero-order chi connectivity index (χ0) is 22.1. The molecule has 2 aromatic heterocycles. The molecule has 32 heavy (non-hydrogen) atoms. The van der Waals surface area contributed by atoms with Gasteiger partial charge in [-0.2, -0.15) is 0 Å². The molecule has 5 heterocycles. The van der Waals surface area contributed by atoms with Crippen molar-refractivity contribution in [3.63, 3.8) is 0 Å². The molecule has 0 saturated heterocycles. The van der Waals surface area contributed by atoms with Crippen molar-refractivity contribution in [1.82, 2.24) is 9.55 Å². The molecule has 6 rings (SSSR count). The highest BCUT2D eigenvalue weighted by Gasteiger charge is 2.36. The van der Waals surface area contributed by atoms with Crippen molar-refractivity contribution in [2.75, 3.05) is 6.79 Å². The number of carbonyl (C=O) groups is 1. The number of rotatable bonds is 3. The molecular formula is C23H19N3O6. The van der Waals surface area contributed by atoms with E-state index >= 15 is 0 Å². The quantitative estimate of drug-likeness (QED) is 0.360. The van der Waals surface area contributed by atoms with E-state index < -0.39 is 12.0 Å². The third-order valence-electron chi connectivity index (χ3n) is 6.29. The summed E-state index contributed by atoms with van der Waals surface area (Å²) >= 11 is 0. The molecule has 0 fully saturated rings. The van der Waals surface area contributed by atoms with Gasteiger partial charge >= 0.3 is 5.97 Å². The SMILES string of the molecule is CC(C)Cc1c2c(nc3cc4c(cc13)OCO4)-c1cc3c(c(=O)n1C2)COC(=O)C3N=O. The predicted molar refractivity (Wildman–Crippen MR) is 114 cm³/mol. The summed E-state index contributed by atoms with van der Waals surface area (Å²) in [4.78, 5) is 41.6. The van der Waals surface area contributed by atoms with E-state index in [1.165, 1.54) is 0 Å². The van der Waals surface area contributed by atoms with Gasteiger partial charge in [-0.3, -0.25) is 4.79 Å². The maximum atomic E-state index is 13.3. The minimum atomic E-state index is -1.34. The average Bonchev–Trinajstić information content (AvgIpc) is 3.36. The van der Waals surface area contributed by atoms with Crippen molar-refractivity contribution in [1.29, 1.82) is 0 Å². The van der Waals surface area contributed by atoms with Crippen LogP contribution in [0.25, 0.3) is 22.3 Å². The van der Waals surface area contributed by atoms with Crippen LogP contribution in [-0.2, 0) is 29.1 Å². The van der Waals surface area contributed by atoms with Crippen LogP contribution < -0.4 is 15.0 Å². The second-order valence-electron chi connectivity index (χ2n) is 8.71. The number of benzene rings is 1. The van der Waals surface area contributed by atoms with Crippen LogP contribution in [0.1, 0.15) is 42.1 Å². The molecule has 3 aromatic rings. The number of hydrogen-bond donors (Lipinski definition) is 0. The summed E-state index contributed by atoms with van der Waals surface area (Å²) in [5.74, 6) is 0.949. The van der Waals surface area contributed by atoms with Gasteiger partial charge in [0.2, 0.25) is 12.8 Å². The molecule has 162 valence electrons. The number of pyridine rings is 2. The standard InChI is InChI=1S/C23H19N3O6/c1-10(2)3-11-12-5-18-19(32-9-31-18)6-16(12)24-20-14(11)7-26-17(20)4-13-15(22(26)27)8-30-23(28)21(13)25-29/h4-6,10,21H,3,7-9H2,1-2H3. The Hall–Kier alpha value is -3.75. The molecule has 0 N–H and O–H groups in total. The molecule has 0 amide bonds. The first-order valence-electron chi connectivity index (χ1n) is 10.5. The van der Waals surface area contributed by atoms with E-state index in [9.17, 15) is 14.5 Å². The Morgan fingerprint density at radius 2 is 1.91 bits per heavy atom. The number of ether oxygens (including phenoxy) is 3. The number of aromatic nitrogens is 2. The number of hydrogen-bond acceptors (Lipinski definition) is 8. The predicted octanol–water partition coefficient (Wildman–Crippen LogP) is 3.22. The maximum Gasteiger partial charge on any atom is 0.339 e. The van der Waals surface area contributed by atoms with Gasteiger partial charge in [0.15, 0.2) is 11.5 Å². The highest BCUT2D eigenvalue weighted by molar-refractivity contribution is 5.91. The maximum absolute atomic E-state index is 13.3. The second-order valence-corrected chi connectivity index (χ2v) is 8.71. The van der Waals surface area contributed by atoms with Crippen molar-refractivity contribution >= 4 is 16.9 Å². The molecule has 0 aliphatic carbocycles. The largest absolute Gasteiger partial charge is 0.459 e. The minimum absolute atomic E-state index is 0.161. The van der Waals surface area contributed by atoms with E-state index in [0.717, 1.165) is 28.5 Å². The number of esters is 1. The molecular weight excluding hydrogens is 414 g/mol. The smallest absolute Gasteiger partial charge is 0.339 e. The van der Waals surface area contributed by atoms with Crippen molar-refractivity contribution in [2.24, 2.45) is 11.1 Å². The molecule has 0 saturated carbocycles. The molecule has 9 nitrogen and oxygen atoms in total. The van der Waals surface area contributed by atoms with E-state index in [4.69, 9.17) is 19.2 Å². The van der Waals surface area contributed by atoms with Crippen LogP contribution in [0.3, 0.4) is 0 Å². The third kappa shape index (κ3) is 2.54. The van der Waals surface area contributed by atoms with E-state index in [0.29, 0.717) is 46.5 Å². The molecule has 1 unspecified atom stereocenters. The van der Waals surface area contributed by atoms with Crippen molar-refractivity contribution in [3.05, 3.63) is 55.7 Å². The fraction of sp³-hybridized carbons (Fsp3) is 0.348. The number of nitrogens with zero attached hydrogens (tertiary/aromatic N) is 3. The molecule has 3 aliphatic rings. The lowest BCUT2D eigenvalue weighted by Gasteiger charge is -2.20. The highest BCUT2D eigenvalue weighted by Crippen LogP contribution is 2.42. The summed E-state index contributed by atoms with van der Waals surface area (Å²) in [5.41, 5.74) is 4.38. The lowest BCUT2D eigenvalue weighted by atomic mass is 9.93. The molecule has 3 aliphatic heterocycles. The van der Waals surface area contributed by atoms with Gasteiger partial charge in [0.1, 0.15) is 6.61 Å². The Kier molecular flexibility index (Phi) is 3.93. The minimum Gasteiger partial charge on any atom is -0.459 e. The Bertz CT molecular complexity index is 1410. The summed E-state index contributed by atoms with van der Waals surface area (Å²) in [6.07, 6.45) is 0.795.